The first kappa shape index (κ1) is 18.8. The SMILES string of the molecule is O=C(C=CC=C(c1ccccc1)c1ccccc1)Oc1ccc([N+](=O)[O-])cc1. The predicted octanol–water partition coefficient (Wildman–Crippen LogP) is 5.19. The van der Waals surface area contributed by atoms with E-state index < -0.39 is 10.9 Å². The van der Waals surface area contributed by atoms with E-state index in [4.69, 9.17) is 4.74 Å². The highest BCUT2D eigenvalue weighted by molar-refractivity contribution is 5.86. The molecule has 0 unspecified atom stereocenters. The smallest absolute Gasteiger partial charge is 0.336 e. The van der Waals surface area contributed by atoms with E-state index >= 15 is 0 Å². The Hall–Kier alpha value is -3.99. The highest BCUT2D eigenvalue weighted by Gasteiger charge is 2.07. The quantitative estimate of drug-likeness (QED) is 0.149. The van der Waals surface area contributed by atoms with E-state index in [-0.39, 0.29) is 11.4 Å². The fourth-order valence-corrected chi connectivity index (χ4v) is 2.60. The number of carbonyl (C=O) groups is 1. The lowest BCUT2D eigenvalue weighted by molar-refractivity contribution is -0.384. The van der Waals surface area contributed by atoms with Crippen molar-refractivity contribution < 1.29 is 14.5 Å². The van der Waals surface area contributed by atoms with Gasteiger partial charge < -0.3 is 4.74 Å². The molecule has 5 nitrogen and oxygen atoms in total. The molecule has 0 saturated heterocycles. The van der Waals surface area contributed by atoms with Gasteiger partial charge in [0.1, 0.15) is 5.75 Å². The summed E-state index contributed by atoms with van der Waals surface area (Å²) in [6.07, 6.45) is 4.79. The second-order valence-electron chi connectivity index (χ2n) is 5.84. The van der Waals surface area contributed by atoms with Crippen molar-refractivity contribution >= 4 is 17.2 Å². The van der Waals surface area contributed by atoms with Gasteiger partial charge in [-0.1, -0.05) is 72.8 Å². The number of esters is 1. The molecule has 0 aliphatic rings. The summed E-state index contributed by atoms with van der Waals surface area (Å²) >= 11 is 0. The average molecular weight is 371 g/mol. The lowest BCUT2D eigenvalue weighted by Gasteiger charge is -2.07. The summed E-state index contributed by atoms with van der Waals surface area (Å²) in [5.41, 5.74) is 2.97. The van der Waals surface area contributed by atoms with Crippen LogP contribution in [0.3, 0.4) is 0 Å². The number of non-ortho nitro benzene ring substituents is 1. The van der Waals surface area contributed by atoms with Gasteiger partial charge in [0.15, 0.2) is 0 Å². The second kappa shape index (κ2) is 9.09. The maximum atomic E-state index is 12.0. The number of carbonyl (C=O) groups excluding carboxylic acids is 1. The van der Waals surface area contributed by atoms with Crippen molar-refractivity contribution in [3.63, 3.8) is 0 Å². The molecule has 3 aromatic carbocycles. The van der Waals surface area contributed by atoms with Gasteiger partial charge in [-0.15, -0.1) is 0 Å². The molecule has 138 valence electrons. The van der Waals surface area contributed by atoms with Gasteiger partial charge in [-0.05, 0) is 28.8 Å². The number of benzene rings is 3. The minimum atomic E-state index is -0.564. The Morgan fingerprint density at radius 3 is 1.86 bits per heavy atom. The molecule has 0 bridgehead atoms. The third-order valence-corrected chi connectivity index (χ3v) is 3.93. The molecule has 28 heavy (non-hydrogen) atoms. The third kappa shape index (κ3) is 5.02. The van der Waals surface area contributed by atoms with Crippen molar-refractivity contribution in [3.05, 3.63) is 124 Å². The number of hydrogen-bond donors (Lipinski definition) is 0. The van der Waals surface area contributed by atoms with E-state index in [1.165, 1.54) is 30.3 Å². The van der Waals surface area contributed by atoms with Crippen molar-refractivity contribution in [2.75, 3.05) is 0 Å². The van der Waals surface area contributed by atoms with Crippen LogP contribution in [-0.2, 0) is 4.79 Å². The maximum Gasteiger partial charge on any atom is 0.336 e. The van der Waals surface area contributed by atoms with Gasteiger partial charge in [0, 0.05) is 18.2 Å². The summed E-state index contributed by atoms with van der Waals surface area (Å²) in [6.45, 7) is 0. The molecule has 0 heterocycles. The largest absolute Gasteiger partial charge is 0.423 e. The van der Waals surface area contributed by atoms with Crippen LogP contribution in [0.4, 0.5) is 5.69 Å². The molecule has 3 aromatic rings. The zero-order valence-corrected chi connectivity index (χ0v) is 14.9. The number of nitro benzene ring substituents is 1. The molecule has 0 N–H and O–H groups in total. The monoisotopic (exact) mass is 371 g/mol. The summed E-state index contributed by atoms with van der Waals surface area (Å²) in [6, 6.07) is 25.1. The van der Waals surface area contributed by atoms with Gasteiger partial charge in [0.25, 0.3) is 5.69 Å². The fraction of sp³-hybridized carbons (Fsp3) is 0. The standard InChI is InChI=1S/C23H17NO4/c25-23(28-21-16-14-20(15-17-21)24(26)27)13-7-12-22(18-8-3-1-4-9-18)19-10-5-2-6-11-19/h1-17H. The lowest BCUT2D eigenvalue weighted by atomic mass is 9.97. The van der Waals surface area contributed by atoms with Crippen molar-refractivity contribution in [2.24, 2.45) is 0 Å². The molecule has 0 atom stereocenters. The normalized spacial score (nSPS) is 10.4. The van der Waals surface area contributed by atoms with Crippen molar-refractivity contribution in [1.29, 1.82) is 0 Å². The molecular weight excluding hydrogens is 354 g/mol. The number of ether oxygens (including phenoxy) is 1. The predicted molar refractivity (Wildman–Crippen MR) is 108 cm³/mol. The highest BCUT2D eigenvalue weighted by atomic mass is 16.6. The van der Waals surface area contributed by atoms with Gasteiger partial charge >= 0.3 is 5.97 Å². The van der Waals surface area contributed by atoms with E-state index in [1.807, 2.05) is 66.7 Å². The van der Waals surface area contributed by atoms with Crippen molar-refractivity contribution in [2.45, 2.75) is 0 Å². The van der Waals surface area contributed by atoms with Gasteiger partial charge in [-0.2, -0.15) is 0 Å². The summed E-state index contributed by atoms with van der Waals surface area (Å²) < 4.78 is 5.16. The molecule has 0 saturated carbocycles. The van der Waals surface area contributed by atoms with Crippen LogP contribution < -0.4 is 4.74 Å². The summed E-state index contributed by atoms with van der Waals surface area (Å²) in [4.78, 5) is 22.2. The molecule has 0 radical (unpaired) electrons. The van der Waals surface area contributed by atoms with Gasteiger partial charge in [0.2, 0.25) is 0 Å². The van der Waals surface area contributed by atoms with Crippen LogP contribution in [0.25, 0.3) is 5.57 Å². The minimum Gasteiger partial charge on any atom is -0.423 e. The molecule has 5 heteroatoms. The van der Waals surface area contributed by atoms with E-state index in [0.717, 1.165) is 16.7 Å². The van der Waals surface area contributed by atoms with Gasteiger partial charge in [-0.3, -0.25) is 10.1 Å². The average Bonchev–Trinajstić information content (AvgIpc) is 2.73. The first-order chi connectivity index (χ1) is 13.6. The Labute approximate surface area is 162 Å². The molecule has 3 rings (SSSR count). The number of allylic oxidation sites excluding steroid dienone is 2. The molecule has 0 fully saturated rings. The van der Waals surface area contributed by atoms with Crippen LogP contribution in [0.1, 0.15) is 11.1 Å². The molecule has 0 aromatic heterocycles. The van der Waals surface area contributed by atoms with Crippen LogP contribution in [0.2, 0.25) is 0 Å². The van der Waals surface area contributed by atoms with Crippen LogP contribution in [0.15, 0.2) is 103 Å². The Morgan fingerprint density at radius 2 is 1.36 bits per heavy atom. The summed E-state index contributed by atoms with van der Waals surface area (Å²) in [7, 11) is 0. The van der Waals surface area contributed by atoms with Crippen molar-refractivity contribution in [1.82, 2.24) is 0 Å². The first-order valence-corrected chi connectivity index (χ1v) is 8.59. The number of rotatable bonds is 6. The maximum absolute atomic E-state index is 12.0. The molecule has 0 spiro atoms. The Morgan fingerprint density at radius 1 is 0.821 bits per heavy atom. The Kier molecular flexibility index (Phi) is 6.10. The Balaban J connectivity index is 1.75. The van der Waals surface area contributed by atoms with Crippen LogP contribution >= 0.6 is 0 Å². The summed E-state index contributed by atoms with van der Waals surface area (Å²) in [5, 5.41) is 10.7. The number of hydrogen-bond acceptors (Lipinski definition) is 4. The minimum absolute atomic E-state index is 0.0614. The van der Waals surface area contributed by atoms with Gasteiger partial charge in [-0.25, -0.2) is 4.79 Å². The number of nitro groups is 1. The highest BCUT2D eigenvalue weighted by Crippen LogP contribution is 2.23. The zero-order chi connectivity index (χ0) is 19.8. The van der Waals surface area contributed by atoms with E-state index in [1.54, 1.807) is 6.08 Å². The lowest BCUT2D eigenvalue weighted by Crippen LogP contribution is -2.03. The second-order valence-corrected chi connectivity index (χ2v) is 5.84. The molecular formula is C23H17NO4. The van der Waals surface area contributed by atoms with Crippen LogP contribution in [-0.4, -0.2) is 10.9 Å². The first-order valence-electron chi connectivity index (χ1n) is 8.59. The van der Waals surface area contributed by atoms with E-state index in [2.05, 4.69) is 0 Å². The van der Waals surface area contributed by atoms with Crippen LogP contribution in [0.5, 0.6) is 5.75 Å². The number of nitrogens with zero attached hydrogens (tertiary/aromatic N) is 1. The zero-order valence-electron chi connectivity index (χ0n) is 14.9. The molecule has 0 aliphatic heterocycles. The fourth-order valence-electron chi connectivity index (χ4n) is 2.60. The van der Waals surface area contributed by atoms with Crippen LogP contribution in [0, 0.1) is 10.1 Å². The topological polar surface area (TPSA) is 69.4 Å². The van der Waals surface area contributed by atoms with Crippen molar-refractivity contribution in [3.8, 4) is 5.75 Å². The van der Waals surface area contributed by atoms with Gasteiger partial charge in [0.05, 0.1) is 4.92 Å². The summed E-state index contributed by atoms with van der Waals surface area (Å²) in [5.74, 6) is -0.318. The molecule has 0 aliphatic carbocycles. The van der Waals surface area contributed by atoms with E-state index in [9.17, 15) is 14.9 Å². The molecule has 0 amide bonds. The third-order valence-electron chi connectivity index (χ3n) is 3.93. The van der Waals surface area contributed by atoms with E-state index in [0.29, 0.717) is 0 Å². The Bertz CT molecular complexity index is 966.